The number of carbonyl (C=O) groups excluding carboxylic acids is 1. The molecule has 0 aliphatic heterocycles. The van der Waals surface area contributed by atoms with Crippen molar-refractivity contribution in [1.29, 1.82) is 0 Å². The molecule has 0 bridgehead atoms. The molecule has 0 amide bonds. The van der Waals surface area contributed by atoms with Crippen LogP contribution in [0.4, 0.5) is 0 Å². The van der Waals surface area contributed by atoms with Gasteiger partial charge in [-0.25, -0.2) is 0 Å². The third kappa shape index (κ3) is 1.80. The van der Waals surface area contributed by atoms with E-state index in [1.54, 1.807) is 6.07 Å². The molecule has 3 nitrogen and oxygen atoms in total. The highest BCUT2D eigenvalue weighted by atomic mass is 16.3. The van der Waals surface area contributed by atoms with Crippen molar-refractivity contribution in [3.8, 4) is 11.5 Å². The van der Waals surface area contributed by atoms with Gasteiger partial charge in [0.1, 0.15) is 17.8 Å². The van der Waals surface area contributed by atoms with Crippen molar-refractivity contribution < 1.29 is 15.0 Å². The quantitative estimate of drug-likeness (QED) is 0.691. The number of benzene rings is 1. The molecular weight excluding hydrogens is 168 g/mol. The Morgan fingerprint density at radius 2 is 2.08 bits per heavy atom. The summed E-state index contributed by atoms with van der Waals surface area (Å²) >= 11 is 0. The molecule has 1 aromatic rings. The van der Waals surface area contributed by atoms with Gasteiger partial charge in [0, 0.05) is 17.5 Å². The van der Waals surface area contributed by atoms with Crippen LogP contribution in [0.15, 0.2) is 12.1 Å². The van der Waals surface area contributed by atoms with E-state index in [0.29, 0.717) is 17.5 Å². The van der Waals surface area contributed by atoms with Crippen LogP contribution in [-0.2, 0) is 17.6 Å². The van der Waals surface area contributed by atoms with E-state index in [1.165, 1.54) is 6.07 Å². The molecule has 0 heterocycles. The SMILES string of the molecule is CCc1c(O)ccc(CC=O)c1O. The van der Waals surface area contributed by atoms with Crippen molar-refractivity contribution in [3.63, 3.8) is 0 Å². The largest absolute Gasteiger partial charge is 0.508 e. The summed E-state index contributed by atoms with van der Waals surface area (Å²) in [6, 6.07) is 3.05. The van der Waals surface area contributed by atoms with E-state index >= 15 is 0 Å². The maximum atomic E-state index is 10.2. The first-order chi connectivity index (χ1) is 6.20. The number of phenols is 2. The van der Waals surface area contributed by atoms with Crippen molar-refractivity contribution in [2.75, 3.05) is 0 Å². The zero-order valence-corrected chi connectivity index (χ0v) is 7.45. The highest BCUT2D eigenvalue weighted by molar-refractivity contribution is 5.60. The highest BCUT2D eigenvalue weighted by Gasteiger charge is 2.09. The van der Waals surface area contributed by atoms with Crippen LogP contribution in [0.3, 0.4) is 0 Å². The molecule has 70 valence electrons. The molecule has 0 fully saturated rings. The number of hydrogen-bond donors (Lipinski definition) is 2. The van der Waals surface area contributed by atoms with Crippen LogP contribution >= 0.6 is 0 Å². The van der Waals surface area contributed by atoms with E-state index < -0.39 is 0 Å². The lowest BCUT2D eigenvalue weighted by atomic mass is 10.0. The smallest absolute Gasteiger partial charge is 0.126 e. The Kier molecular flexibility index (Phi) is 2.90. The van der Waals surface area contributed by atoms with Gasteiger partial charge in [0.15, 0.2) is 0 Å². The Bertz CT molecular complexity index is 318. The summed E-state index contributed by atoms with van der Waals surface area (Å²) in [5, 5.41) is 18.9. The van der Waals surface area contributed by atoms with E-state index in [9.17, 15) is 15.0 Å². The minimum absolute atomic E-state index is 0.0367. The number of aromatic hydroxyl groups is 2. The normalized spacial score (nSPS) is 9.92. The molecule has 0 radical (unpaired) electrons. The van der Waals surface area contributed by atoms with Gasteiger partial charge in [-0.15, -0.1) is 0 Å². The van der Waals surface area contributed by atoms with Gasteiger partial charge >= 0.3 is 0 Å². The van der Waals surface area contributed by atoms with E-state index in [-0.39, 0.29) is 17.9 Å². The van der Waals surface area contributed by atoms with Crippen molar-refractivity contribution in [1.82, 2.24) is 0 Å². The van der Waals surface area contributed by atoms with E-state index in [1.807, 2.05) is 6.92 Å². The Balaban J connectivity index is 3.18. The molecule has 0 aliphatic carbocycles. The summed E-state index contributed by atoms with van der Waals surface area (Å²) in [7, 11) is 0. The molecule has 0 aromatic heterocycles. The molecule has 13 heavy (non-hydrogen) atoms. The van der Waals surface area contributed by atoms with Crippen molar-refractivity contribution >= 4 is 6.29 Å². The van der Waals surface area contributed by atoms with E-state index in [4.69, 9.17) is 0 Å². The molecule has 2 N–H and O–H groups in total. The summed E-state index contributed by atoms with van der Waals surface area (Å²) in [6.07, 6.45) is 1.45. The first-order valence-corrected chi connectivity index (χ1v) is 4.17. The topological polar surface area (TPSA) is 57.5 Å². The predicted octanol–water partition coefficient (Wildman–Crippen LogP) is 1.40. The molecule has 0 atom stereocenters. The second-order valence-electron chi connectivity index (χ2n) is 2.80. The molecule has 1 aromatic carbocycles. The summed E-state index contributed by atoms with van der Waals surface area (Å²) in [6.45, 7) is 1.83. The van der Waals surface area contributed by atoms with Gasteiger partial charge in [0.05, 0.1) is 0 Å². The average molecular weight is 180 g/mol. The first-order valence-electron chi connectivity index (χ1n) is 4.17. The van der Waals surface area contributed by atoms with Crippen molar-refractivity contribution in [3.05, 3.63) is 23.3 Å². The van der Waals surface area contributed by atoms with Gasteiger partial charge in [-0.1, -0.05) is 13.0 Å². The number of carbonyl (C=O) groups is 1. The number of aldehydes is 1. The second kappa shape index (κ2) is 3.94. The molecule has 0 saturated carbocycles. The lowest BCUT2D eigenvalue weighted by Gasteiger charge is -2.07. The van der Waals surface area contributed by atoms with Crippen LogP contribution < -0.4 is 0 Å². The summed E-state index contributed by atoms with van der Waals surface area (Å²) in [4.78, 5) is 10.2. The van der Waals surface area contributed by atoms with Crippen LogP contribution in [0.25, 0.3) is 0 Å². The fourth-order valence-electron chi connectivity index (χ4n) is 1.28. The Hall–Kier alpha value is -1.51. The maximum Gasteiger partial charge on any atom is 0.126 e. The first kappa shape index (κ1) is 9.58. The average Bonchev–Trinajstić information content (AvgIpc) is 2.11. The Labute approximate surface area is 76.6 Å². The fraction of sp³-hybridized carbons (Fsp3) is 0.300. The lowest BCUT2D eigenvalue weighted by molar-refractivity contribution is -0.107. The molecule has 3 heteroatoms. The van der Waals surface area contributed by atoms with Gasteiger partial charge in [0.25, 0.3) is 0 Å². The van der Waals surface area contributed by atoms with Crippen LogP contribution in [0, 0.1) is 0 Å². The minimum atomic E-state index is 0.0367. The molecule has 0 spiro atoms. The zero-order valence-electron chi connectivity index (χ0n) is 7.45. The lowest BCUT2D eigenvalue weighted by Crippen LogP contribution is -1.91. The van der Waals surface area contributed by atoms with Crippen molar-refractivity contribution in [2.24, 2.45) is 0 Å². The van der Waals surface area contributed by atoms with Gasteiger partial charge in [0.2, 0.25) is 0 Å². The third-order valence-corrected chi connectivity index (χ3v) is 2.00. The molecular formula is C10H12O3. The van der Waals surface area contributed by atoms with Crippen LogP contribution in [-0.4, -0.2) is 16.5 Å². The standard InChI is InChI=1S/C10H12O3/c1-2-8-9(12)4-3-7(5-6-11)10(8)13/h3-4,6,12-13H,2,5H2,1H3. The molecule has 0 saturated heterocycles. The van der Waals surface area contributed by atoms with E-state index in [0.717, 1.165) is 6.29 Å². The predicted molar refractivity (Wildman–Crippen MR) is 48.9 cm³/mol. The Morgan fingerprint density at radius 1 is 1.38 bits per heavy atom. The zero-order chi connectivity index (χ0) is 9.84. The summed E-state index contributed by atoms with van der Waals surface area (Å²) in [5.74, 6) is 0.115. The van der Waals surface area contributed by atoms with Gasteiger partial charge in [-0.2, -0.15) is 0 Å². The molecule has 1 rings (SSSR count). The highest BCUT2D eigenvalue weighted by Crippen LogP contribution is 2.30. The van der Waals surface area contributed by atoms with Gasteiger partial charge in [-0.05, 0) is 12.5 Å². The summed E-state index contributed by atoms with van der Waals surface area (Å²) < 4.78 is 0. The number of rotatable bonds is 3. The molecule has 0 aliphatic rings. The number of hydrogen-bond acceptors (Lipinski definition) is 3. The van der Waals surface area contributed by atoms with Gasteiger partial charge < -0.3 is 15.0 Å². The maximum absolute atomic E-state index is 10.2. The molecule has 0 unspecified atom stereocenters. The van der Waals surface area contributed by atoms with Crippen LogP contribution in [0.1, 0.15) is 18.1 Å². The summed E-state index contributed by atoms with van der Waals surface area (Å²) in [5.41, 5.74) is 1.06. The Morgan fingerprint density at radius 3 is 2.62 bits per heavy atom. The second-order valence-corrected chi connectivity index (χ2v) is 2.80. The minimum Gasteiger partial charge on any atom is -0.508 e. The third-order valence-electron chi connectivity index (χ3n) is 2.00. The number of phenolic OH excluding ortho intramolecular Hbond substituents is 2. The van der Waals surface area contributed by atoms with Gasteiger partial charge in [-0.3, -0.25) is 0 Å². The monoisotopic (exact) mass is 180 g/mol. The van der Waals surface area contributed by atoms with Crippen molar-refractivity contribution in [2.45, 2.75) is 19.8 Å². The fourth-order valence-corrected chi connectivity index (χ4v) is 1.28. The van der Waals surface area contributed by atoms with Crippen LogP contribution in [0.5, 0.6) is 11.5 Å². The van der Waals surface area contributed by atoms with E-state index in [2.05, 4.69) is 0 Å². The van der Waals surface area contributed by atoms with Crippen LogP contribution in [0.2, 0.25) is 0 Å².